The van der Waals surface area contributed by atoms with Crippen molar-refractivity contribution in [3.05, 3.63) is 76.3 Å². The molecule has 1 saturated heterocycles. The Bertz CT molecular complexity index is 1030. The fraction of sp³-hybridized carbons (Fsp3) is 0.423. The Hall–Kier alpha value is -2.05. The quantitative estimate of drug-likeness (QED) is 0.529. The molecule has 0 spiro atoms. The second-order valence-electron chi connectivity index (χ2n) is 9.31. The number of benzene rings is 2. The zero-order chi connectivity index (χ0) is 23.6. The summed E-state index contributed by atoms with van der Waals surface area (Å²) < 4.78 is 0. The van der Waals surface area contributed by atoms with Crippen molar-refractivity contribution in [1.29, 1.82) is 0 Å². The van der Waals surface area contributed by atoms with Crippen molar-refractivity contribution in [2.75, 3.05) is 19.6 Å². The molecule has 2 aliphatic rings. The summed E-state index contributed by atoms with van der Waals surface area (Å²) in [7, 11) is 0. The Balaban J connectivity index is 1.55. The van der Waals surface area contributed by atoms with Gasteiger partial charge in [0.25, 0.3) is 0 Å². The molecule has 176 valence electrons. The van der Waals surface area contributed by atoms with E-state index in [0.29, 0.717) is 22.9 Å². The number of carbonyl (C=O) groups is 1. The molecule has 33 heavy (non-hydrogen) atoms. The van der Waals surface area contributed by atoms with E-state index in [4.69, 9.17) is 23.2 Å². The van der Waals surface area contributed by atoms with Crippen molar-refractivity contribution in [1.82, 2.24) is 10.2 Å². The molecule has 2 fully saturated rings. The highest BCUT2D eigenvalue weighted by Gasteiger charge is 2.52. The van der Waals surface area contributed by atoms with Gasteiger partial charge in [-0.25, -0.2) is 0 Å². The highest BCUT2D eigenvalue weighted by atomic mass is 35.5. The summed E-state index contributed by atoms with van der Waals surface area (Å²) >= 11 is 12.1. The fourth-order valence-corrected chi connectivity index (χ4v) is 5.99. The van der Waals surface area contributed by atoms with E-state index in [1.54, 1.807) is 24.3 Å². The number of nitrogens with zero attached hydrogens (tertiary/aromatic N) is 1. The van der Waals surface area contributed by atoms with Crippen LogP contribution in [0.5, 0.6) is 5.75 Å². The molecule has 0 radical (unpaired) electrons. The predicted molar refractivity (Wildman–Crippen MR) is 132 cm³/mol. The van der Waals surface area contributed by atoms with E-state index in [2.05, 4.69) is 16.8 Å². The van der Waals surface area contributed by atoms with E-state index in [1.165, 1.54) is 0 Å². The van der Waals surface area contributed by atoms with Gasteiger partial charge in [-0.2, -0.15) is 0 Å². The molecule has 2 aromatic rings. The maximum Gasteiger partial charge on any atom is 0.224 e. The molecule has 1 aliphatic heterocycles. The smallest absolute Gasteiger partial charge is 0.224 e. The highest BCUT2D eigenvalue weighted by molar-refractivity contribution is 6.42. The molecule has 0 aromatic heterocycles. The Kier molecular flexibility index (Phi) is 7.34. The second kappa shape index (κ2) is 10.1. The molecule has 4 rings (SSSR count). The van der Waals surface area contributed by atoms with Crippen LogP contribution in [0, 0.1) is 5.92 Å². The van der Waals surface area contributed by atoms with Crippen LogP contribution in [-0.2, 0) is 16.6 Å². The van der Waals surface area contributed by atoms with Crippen LogP contribution < -0.4 is 5.32 Å². The minimum atomic E-state index is -0.566. The first kappa shape index (κ1) is 24.1. The summed E-state index contributed by atoms with van der Waals surface area (Å²) in [6.07, 6.45) is 3.57. The standard InChI is InChI=1S/C26H30Cl2N2O3/c1-2-9-30-10-8-26(18-4-3-5-20(31)13-18)15-19(14-24(32)21(26)16-30)29-25(33)12-17-6-7-22(27)23(28)11-17/h2-7,11,13,19,21,24,31-32H,1,8-10,12,14-16H2,(H,29,33)/t19-,21-,24?,26-/m0/s1. The maximum absolute atomic E-state index is 12.8. The summed E-state index contributed by atoms with van der Waals surface area (Å²) in [5, 5.41) is 25.4. The van der Waals surface area contributed by atoms with Gasteiger partial charge in [-0.15, -0.1) is 6.58 Å². The number of fused-ring (bicyclic) bond motifs is 1. The first-order valence-corrected chi connectivity index (χ1v) is 12.1. The number of aliphatic hydroxyl groups is 1. The van der Waals surface area contributed by atoms with Crippen molar-refractivity contribution in [3.63, 3.8) is 0 Å². The van der Waals surface area contributed by atoms with Gasteiger partial charge in [-0.1, -0.05) is 47.5 Å². The summed E-state index contributed by atoms with van der Waals surface area (Å²) in [6.45, 7) is 6.26. The minimum absolute atomic E-state index is 0.0104. The third-order valence-electron chi connectivity index (χ3n) is 7.16. The van der Waals surface area contributed by atoms with Gasteiger partial charge in [0.1, 0.15) is 5.75 Å². The molecule has 3 N–H and O–H groups in total. The van der Waals surface area contributed by atoms with Gasteiger partial charge >= 0.3 is 0 Å². The van der Waals surface area contributed by atoms with Crippen LogP contribution in [0.3, 0.4) is 0 Å². The number of rotatable bonds is 6. The highest BCUT2D eigenvalue weighted by Crippen LogP contribution is 2.49. The minimum Gasteiger partial charge on any atom is -0.508 e. The van der Waals surface area contributed by atoms with Crippen molar-refractivity contribution in [3.8, 4) is 5.75 Å². The van der Waals surface area contributed by atoms with Gasteiger partial charge in [0.15, 0.2) is 0 Å². The zero-order valence-corrected chi connectivity index (χ0v) is 20.0. The monoisotopic (exact) mass is 488 g/mol. The molecule has 7 heteroatoms. The molecule has 1 unspecified atom stereocenters. The Labute approximate surface area is 205 Å². The van der Waals surface area contributed by atoms with E-state index >= 15 is 0 Å². The van der Waals surface area contributed by atoms with Gasteiger partial charge in [0, 0.05) is 30.5 Å². The maximum atomic E-state index is 12.8. The van der Waals surface area contributed by atoms with Crippen molar-refractivity contribution >= 4 is 29.1 Å². The first-order chi connectivity index (χ1) is 15.8. The molecule has 1 aliphatic carbocycles. The molecule has 1 heterocycles. The van der Waals surface area contributed by atoms with Crippen LogP contribution in [0.15, 0.2) is 55.1 Å². The number of piperidine rings is 1. The number of phenols is 1. The normalized spacial score (nSPS) is 27.5. The van der Waals surface area contributed by atoms with Gasteiger partial charge < -0.3 is 15.5 Å². The van der Waals surface area contributed by atoms with Crippen LogP contribution in [-0.4, -0.2) is 52.8 Å². The van der Waals surface area contributed by atoms with E-state index in [9.17, 15) is 15.0 Å². The summed E-state index contributed by atoms with van der Waals surface area (Å²) in [5.41, 5.74) is 1.49. The first-order valence-electron chi connectivity index (χ1n) is 11.3. The molecule has 0 bridgehead atoms. The Morgan fingerprint density at radius 3 is 2.79 bits per heavy atom. The van der Waals surface area contributed by atoms with Gasteiger partial charge in [0.05, 0.1) is 22.6 Å². The van der Waals surface area contributed by atoms with Crippen LogP contribution >= 0.6 is 23.2 Å². The average molecular weight is 489 g/mol. The van der Waals surface area contributed by atoms with Crippen LogP contribution in [0.25, 0.3) is 0 Å². The number of aliphatic hydroxyl groups excluding tert-OH is 1. The number of aromatic hydroxyl groups is 1. The number of hydrogen-bond donors (Lipinski definition) is 3. The number of phenolic OH excluding ortho intramolecular Hbond substituents is 1. The third kappa shape index (κ3) is 5.22. The van der Waals surface area contributed by atoms with Gasteiger partial charge in [-0.3, -0.25) is 9.69 Å². The van der Waals surface area contributed by atoms with Crippen molar-refractivity contribution in [2.45, 2.75) is 43.2 Å². The summed E-state index contributed by atoms with van der Waals surface area (Å²) in [6, 6.07) is 12.4. The number of likely N-dealkylation sites (tertiary alicyclic amines) is 1. The largest absolute Gasteiger partial charge is 0.508 e. The van der Waals surface area contributed by atoms with Crippen LogP contribution in [0.2, 0.25) is 10.0 Å². The third-order valence-corrected chi connectivity index (χ3v) is 7.90. The Morgan fingerprint density at radius 1 is 1.24 bits per heavy atom. The van der Waals surface area contributed by atoms with Crippen LogP contribution in [0.4, 0.5) is 0 Å². The number of carbonyl (C=O) groups excluding carboxylic acids is 1. The molecule has 1 saturated carbocycles. The van der Waals surface area contributed by atoms with Crippen molar-refractivity contribution in [2.24, 2.45) is 5.92 Å². The Morgan fingerprint density at radius 2 is 2.06 bits per heavy atom. The van der Waals surface area contributed by atoms with E-state index in [1.807, 2.05) is 24.3 Å². The topological polar surface area (TPSA) is 72.8 Å². The number of halogens is 2. The molecule has 4 atom stereocenters. The SMILES string of the molecule is C=CCN1CC[C@@]2(c3cccc(O)c3)C[C@@H](NC(=O)Cc3ccc(Cl)c(Cl)c3)CC(O)[C@@H]2C1. The molecular formula is C26H30Cl2N2O3. The lowest BCUT2D eigenvalue weighted by Gasteiger charge is -2.54. The number of amides is 1. The van der Waals surface area contributed by atoms with E-state index in [-0.39, 0.29) is 35.5 Å². The number of nitrogens with one attached hydrogen (secondary N) is 1. The lowest BCUT2D eigenvalue weighted by molar-refractivity contribution is -0.122. The lowest BCUT2D eigenvalue weighted by atomic mass is 9.57. The van der Waals surface area contributed by atoms with Gasteiger partial charge in [-0.05, 0) is 61.2 Å². The lowest BCUT2D eigenvalue weighted by Crippen LogP contribution is -2.61. The van der Waals surface area contributed by atoms with Crippen LogP contribution in [0.1, 0.15) is 30.4 Å². The van der Waals surface area contributed by atoms with E-state index in [0.717, 1.165) is 37.2 Å². The van der Waals surface area contributed by atoms with Crippen molar-refractivity contribution < 1.29 is 15.0 Å². The molecule has 2 aromatic carbocycles. The summed E-state index contributed by atoms with van der Waals surface area (Å²) in [5.74, 6) is 0.116. The number of hydrogen-bond acceptors (Lipinski definition) is 4. The second-order valence-corrected chi connectivity index (χ2v) is 10.1. The van der Waals surface area contributed by atoms with Gasteiger partial charge in [0.2, 0.25) is 5.91 Å². The fourth-order valence-electron chi connectivity index (χ4n) is 5.67. The molecule has 5 nitrogen and oxygen atoms in total. The molecule has 1 amide bonds. The zero-order valence-electron chi connectivity index (χ0n) is 18.5. The summed E-state index contributed by atoms with van der Waals surface area (Å²) in [4.78, 5) is 15.2. The van der Waals surface area contributed by atoms with E-state index < -0.39 is 6.10 Å². The average Bonchev–Trinajstić information content (AvgIpc) is 2.77. The predicted octanol–water partition coefficient (Wildman–Crippen LogP) is 4.33. The molecular weight excluding hydrogens is 459 g/mol.